The molecule has 2 heterocycles. The van der Waals surface area contributed by atoms with Gasteiger partial charge in [0.1, 0.15) is 0 Å². The lowest BCUT2D eigenvalue weighted by atomic mass is 10.0. The van der Waals surface area contributed by atoms with Gasteiger partial charge < -0.3 is 10.0 Å². The summed E-state index contributed by atoms with van der Waals surface area (Å²) in [4.78, 5) is 14.9. The van der Waals surface area contributed by atoms with Gasteiger partial charge in [-0.25, -0.2) is 0 Å². The Morgan fingerprint density at radius 3 is 3.00 bits per heavy atom. The first-order valence-electron chi connectivity index (χ1n) is 5.70. The van der Waals surface area contributed by atoms with Gasteiger partial charge in [-0.1, -0.05) is 6.07 Å². The lowest BCUT2D eigenvalue weighted by Crippen LogP contribution is -2.51. The highest BCUT2D eigenvalue weighted by Crippen LogP contribution is 2.17. The molecule has 2 rings (SSSR count). The van der Waals surface area contributed by atoms with Crippen LogP contribution in [-0.2, 0) is 11.2 Å². The number of aliphatic hydroxyl groups is 1. The molecule has 16 heavy (non-hydrogen) atoms. The topological polar surface area (TPSA) is 40.5 Å². The number of aliphatic hydroxyl groups excluding tert-OH is 1. The second kappa shape index (κ2) is 5.46. The number of nitrogens with zero attached hydrogens (tertiary/aromatic N) is 1. The number of hydrogen-bond donors (Lipinski definition) is 1. The van der Waals surface area contributed by atoms with Gasteiger partial charge in [-0.15, -0.1) is 11.3 Å². The smallest absolute Gasteiger partial charge is 0.222 e. The minimum Gasteiger partial charge on any atom is -0.396 e. The van der Waals surface area contributed by atoms with Crippen molar-refractivity contribution in [2.75, 3.05) is 19.7 Å². The summed E-state index contributed by atoms with van der Waals surface area (Å²) in [6, 6.07) is 4.16. The number of likely N-dealkylation sites (tertiary alicyclic amines) is 1. The minimum atomic E-state index is 0.207. The fraction of sp³-hybridized carbons (Fsp3) is 0.583. The number of thiophene rings is 1. The lowest BCUT2D eigenvalue weighted by Gasteiger charge is -2.38. The van der Waals surface area contributed by atoms with Gasteiger partial charge in [0.05, 0.1) is 0 Å². The molecule has 1 aliphatic heterocycles. The number of amides is 1. The summed E-state index contributed by atoms with van der Waals surface area (Å²) in [5.41, 5.74) is 0. The maximum Gasteiger partial charge on any atom is 0.222 e. The van der Waals surface area contributed by atoms with Gasteiger partial charge in [-0.2, -0.15) is 0 Å². The summed E-state index contributed by atoms with van der Waals surface area (Å²) in [6.07, 6.45) is 2.57. The molecule has 1 aliphatic rings. The highest BCUT2D eigenvalue weighted by atomic mass is 32.1. The van der Waals surface area contributed by atoms with Crippen LogP contribution >= 0.6 is 11.3 Å². The highest BCUT2D eigenvalue weighted by Gasteiger charge is 2.29. The van der Waals surface area contributed by atoms with E-state index < -0.39 is 0 Å². The van der Waals surface area contributed by atoms with E-state index in [1.807, 2.05) is 11.0 Å². The Morgan fingerprint density at radius 1 is 1.56 bits per heavy atom. The summed E-state index contributed by atoms with van der Waals surface area (Å²) < 4.78 is 0. The molecule has 0 bridgehead atoms. The first kappa shape index (κ1) is 11.6. The van der Waals surface area contributed by atoms with Crippen LogP contribution in [0.5, 0.6) is 0 Å². The average molecular weight is 239 g/mol. The molecule has 1 saturated heterocycles. The van der Waals surface area contributed by atoms with Crippen LogP contribution in [0.2, 0.25) is 0 Å². The third kappa shape index (κ3) is 2.83. The van der Waals surface area contributed by atoms with Gasteiger partial charge >= 0.3 is 0 Å². The van der Waals surface area contributed by atoms with Crippen molar-refractivity contribution in [3.8, 4) is 0 Å². The quantitative estimate of drug-likeness (QED) is 0.846. The van der Waals surface area contributed by atoms with Crippen molar-refractivity contribution in [1.82, 2.24) is 4.90 Å². The Balaban J connectivity index is 1.62. The Bertz CT molecular complexity index is 331. The van der Waals surface area contributed by atoms with Crippen molar-refractivity contribution in [1.29, 1.82) is 0 Å². The molecule has 88 valence electrons. The van der Waals surface area contributed by atoms with Gasteiger partial charge in [-0.3, -0.25) is 4.79 Å². The van der Waals surface area contributed by atoms with Crippen molar-refractivity contribution < 1.29 is 9.90 Å². The molecule has 0 radical (unpaired) electrons. The minimum absolute atomic E-state index is 0.207. The molecule has 0 saturated carbocycles. The molecule has 0 atom stereocenters. The number of rotatable bonds is 5. The summed E-state index contributed by atoms with van der Waals surface area (Å²) >= 11 is 1.75. The predicted molar refractivity (Wildman–Crippen MR) is 64.4 cm³/mol. The van der Waals surface area contributed by atoms with E-state index >= 15 is 0 Å². The second-order valence-electron chi connectivity index (χ2n) is 4.28. The van der Waals surface area contributed by atoms with E-state index in [-0.39, 0.29) is 12.5 Å². The molecule has 1 aromatic heterocycles. The fourth-order valence-corrected chi connectivity index (χ4v) is 2.67. The average Bonchev–Trinajstić information content (AvgIpc) is 2.69. The third-order valence-electron chi connectivity index (χ3n) is 2.96. The van der Waals surface area contributed by atoms with Crippen LogP contribution in [0.25, 0.3) is 0 Å². The van der Waals surface area contributed by atoms with Crippen LogP contribution in [-0.4, -0.2) is 35.6 Å². The van der Waals surface area contributed by atoms with Crippen LogP contribution < -0.4 is 0 Å². The summed E-state index contributed by atoms with van der Waals surface area (Å²) in [5, 5.41) is 10.9. The molecule has 0 aromatic carbocycles. The Morgan fingerprint density at radius 2 is 2.38 bits per heavy atom. The third-order valence-corrected chi connectivity index (χ3v) is 3.90. The summed E-state index contributed by atoms with van der Waals surface area (Å²) in [7, 11) is 0. The van der Waals surface area contributed by atoms with E-state index in [9.17, 15) is 4.79 Å². The predicted octanol–water partition coefficient (Wildman–Crippen LogP) is 1.52. The van der Waals surface area contributed by atoms with Gasteiger partial charge in [0.25, 0.3) is 0 Å². The molecule has 1 amide bonds. The van der Waals surface area contributed by atoms with Crippen molar-refractivity contribution >= 4 is 17.2 Å². The van der Waals surface area contributed by atoms with Gasteiger partial charge in [0, 0.05) is 36.9 Å². The van der Waals surface area contributed by atoms with Crippen LogP contribution in [0.1, 0.15) is 17.7 Å². The van der Waals surface area contributed by atoms with E-state index in [2.05, 4.69) is 11.4 Å². The van der Waals surface area contributed by atoms with E-state index in [4.69, 9.17) is 5.11 Å². The Labute approximate surface area is 99.7 Å². The number of carbonyl (C=O) groups is 1. The Kier molecular flexibility index (Phi) is 3.96. The maximum atomic E-state index is 11.7. The van der Waals surface area contributed by atoms with Crippen LogP contribution in [0.3, 0.4) is 0 Å². The summed E-state index contributed by atoms with van der Waals surface area (Å²) in [6.45, 7) is 1.70. The molecular weight excluding hydrogens is 222 g/mol. The maximum absolute atomic E-state index is 11.7. The van der Waals surface area contributed by atoms with Crippen LogP contribution in [0.4, 0.5) is 0 Å². The summed E-state index contributed by atoms with van der Waals surface area (Å²) in [5.74, 6) is 0.558. The monoisotopic (exact) mass is 239 g/mol. The molecule has 3 nitrogen and oxygen atoms in total. The van der Waals surface area contributed by atoms with Crippen molar-refractivity contribution in [2.45, 2.75) is 19.3 Å². The zero-order valence-corrected chi connectivity index (χ0v) is 10.1. The molecule has 1 aromatic rings. The van der Waals surface area contributed by atoms with E-state index in [1.54, 1.807) is 11.3 Å². The molecule has 1 N–H and O–H groups in total. The fourth-order valence-electron chi connectivity index (χ4n) is 1.92. The molecule has 0 unspecified atom stereocenters. The van der Waals surface area contributed by atoms with Gasteiger partial charge in [-0.05, 0) is 24.3 Å². The Hall–Kier alpha value is -0.870. The van der Waals surface area contributed by atoms with Crippen LogP contribution in [0, 0.1) is 5.92 Å². The molecule has 0 spiro atoms. The van der Waals surface area contributed by atoms with Gasteiger partial charge in [0.15, 0.2) is 0 Å². The highest BCUT2D eigenvalue weighted by molar-refractivity contribution is 7.09. The molecular formula is C12H17NO2S. The van der Waals surface area contributed by atoms with Crippen LogP contribution in [0.15, 0.2) is 17.5 Å². The largest absolute Gasteiger partial charge is 0.396 e. The first-order valence-corrected chi connectivity index (χ1v) is 6.58. The number of carbonyl (C=O) groups excluding carboxylic acids is 1. The zero-order chi connectivity index (χ0) is 11.4. The molecule has 4 heteroatoms. The van der Waals surface area contributed by atoms with Gasteiger partial charge in [0.2, 0.25) is 5.91 Å². The zero-order valence-electron chi connectivity index (χ0n) is 9.26. The first-order chi connectivity index (χ1) is 7.79. The second-order valence-corrected chi connectivity index (χ2v) is 5.31. The SMILES string of the molecule is O=C(CCCc1cccs1)N1CC(CO)C1. The van der Waals surface area contributed by atoms with E-state index in [0.29, 0.717) is 12.3 Å². The number of hydrogen-bond acceptors (Lipinski definition) is 3. The van der Waals surface area contributed by atoms with Crippen molar-refractivity contribution in [2.24, 2.45) is 5.92 Å². The number of aryl methyl sites for hydroxylation is 1. The van der Waals surface area contributed by atoms with E-state index in [1.165, 1.54) is 4.88 Å². The van der Waals surface area contributed by atoms with E-state index in [0.717, 1.165) is 25.9 Å². The van der Waals surface area contributed by atoms with Crippen molar-refractivity contribution in [3.63, 3.8) is 0 Å². The van der Waals surface area contributed by atoms with Crippen molar-refractivity contribution in [3.05, 3.63) is 22.4 Å². The standard InChI is InChI=1S/C12H17NO2S/c14-9-10-7-13(8-10)12(15)5-1-3-11-4-2-6-16-11/h2,4,6,10,14H,1,3,5,7-9H2. The normalized spacial score (nSPS) is 16.2. The molecule has 1 fully saturated rings. The lowest BCUT2D eigenvalue weighted by molar-refractivity contribution is -0.138. The molecule has 0 aliphatic carbocycles.